The Kier molecular flexibility index (Phi) is 4.60. The number of anilines is 1. The van der Waals surface area contributed by atoms with Gasteiger partial charge < -0.3 is 10.1 Å². The fourth-order valence-corrected chi connectivity index (χ4v) is 3.55. The average Bonchev–Trinajstić information content (AvgIpc) is 3.14. The Balaban J connectivity index is 1.60. The largest absolute Gasteiger partial charge is 0.371 e. The molecule has 0 fully saturated rings. The van der Waals surface area contributed by atoms with Crippen LogP contribution in [0.4, 0.5) is 10.7 Å². The first-order valence-corrected chi connectivity index (χ1v) is 8.90. The minimum atomic E-state index is -0.333. The molecule has 2 aromatic heterocycles. The van der Waals surface area contributed by atoms with E-state index in [4.69, 9.17) is 4.74 Å². The first-order valence-electron chi connectivity index (χ1n) is 8.02. The number of fused-ring (bicyclic) bond motifs is 1. The van der Waals surface area contributed by atoms with Crippen molar-refractivity contribution < 1.29 is 9.53 Å². The van der Waals surface area contributed by atoms with E-state index >= 15 is 0 Å². The van der Waals surface area contributed by atoms with E-state index in [1.165, 1.54) is 10.4 Å². The molecule has 0 unspecified atom stereocenters. The number of carbonyl (C=O) groups is 1. The van der Waals surface area contributed by atoms with Gasteiger partial charge in [0.15, 0.2) is 0 Å². The molecule has 0 saturated heterocycles. The monoisotopic (exact) mass is 349 g/mol. The number of rotatable bonds is 3. The number of hydrogen-bond acceptors (Lipinski definition) is 5. The van der Waals surface area contributed by atoms with Crippen LogP contribution in [0.2, 0.25) is 0 Å². The molecular formula is C16H23N5O2S. The Morgan fingerprint density at radius 2 is 2.29 bits per heavy atom. The molecule has 2 N–H and O–H groups in total. The lowest BCUT2D eigenvalue weighted by Gasteiger charge is -2.29. The highest BCUT2D eigenvalue weighted by molar-refractivity contribution is 7.10. The summed E-state index contributed by atoms with van der Waals surface area (Å²) < 4.78 is 7.57. The number of ether oxygens (including phenoxy) is 1. The zero-order valence-electron chi connectivity index (χ0n) is 14.4. The van der Waals surface area contributed by atoms with E-state index in [9.17, 15) is 4.79 Å². The number of nitrogens with zero attached hydrogens (tertiary/aromatic N) is 3. The molecule has 3 rings (SSSR count). The van der Waals surface area contributed by atoms with Gasteiger partial charge in [-0.2, -0.15) is 0 Å². The van der Waals surface area contributed by atoms with E-state index in [1.807, 2.05) is 27.7 Å². The molecule has 0 radical (unpaired) electrons. The van der Waals surface area contributed by atoms with Gasteiger partial charge in [0.2, 0.25) is 5.95 Å². The molecule has 0 bridgehead atoms. The van der Waals surface area contributed by atoms with Gasteiger partial charge in [0.1, 0.15) is 12.4 Å². The van der Waals surface area contributed by atoms with Crippen LogP contribution in [-0.2, 0) is 16.7 Å². The van der Waals surface area contributed by atoms with Crippen molar-refractivity contribution in [2.45, 2.75) is 51.8 Å². The summed E-state index contributed by atoms with van der Waals surface area (Å²) in [6, 6.07) is 1.59. The van der Waals surface area contributed by atoms with Gasteiger partial charge in [0.25, 0.3) is 0 Å². The Morgan fingerprint density at radius 1 is 1.50 bits per heavy atom. The van der Waals surface area contributed by atoms with Crippen LogP contribution in [0, 0.1) is 0 Å². The summed E-state index contributed by atoms with van der Waals surface area (Å²) in [7, 11) is 0. The van der Waals surface area contributed by atoms with E-state index in [0.717, 1.165) is 6.42 Å². The van der Waals surface area contributed by atoms with Crippen LogP contribution < -0.4 is 10.6 Å². The zero-order valence-corrected chi connectivity index (χ0v) is 15.2. The quantitative estimate of drug-likeness (QED) is 0.893. The van der Waals surface area contributed by atoms with Crippen LogP contribution in [0.15, 0.2) is 17.8 Å². The van der Waals surface area contributed by atoms with Crippen LogP contribution >= 0.6 is 11.3 Å². The van der Waals surface area contributed by atoms with Crippen molar-refractivity contribution in [1.29, 1.82) is 0 Å². The Morgan fingerprint density at radius 3 is 3.00 bits per heavy atom. The predicted molar refractivity (Wildman–Crippen MR) is 93.4 cm³/mol. The molecule has 0 aromatic carbocycles. The lowest BCUT2D eigenvalue weighted by molar-refractivity contribution is 0.0238. The highest BCUT2D eigenvalue weighted by Gasteiger charge is 2.28. The number of carbonyl (C=O) groups excluding carboxylic acids is 1. The van der Waals surface area contributed by atoms with E-state index < -0.39 is 0 Å². The minimum Gasteiger partial charge on any atom is -0.371 e. The number of aromatic nitrogens is 3. The fraction of sp³-hybridized carbons (Fsp3) is 0.562. The van der Waals surface area contributed by atoms with Crippen molar-refractivity contribution in [3.8, 4) is 0 Å². The fourth-order valence-electron chi connectivity index (χ4n) is 2.65. The molecule has 1 aliphatic rings. The van der Waals surface area contributed by atoms with Crippen LogP contribution in [0.1, 0.15) is 44.2 Å². The van der Waals surface area contributed by atoms with Gasteiger partial charge in [-0.1, -0.05) is 0 Å². The number of urea groups is 1. The highest BCUT2D eigenvalue weighted by Crippen LogP contribution is 2.33. The number of thiophene rings is 1. The minimum absolute atomic E-state index is 0.120. The molecule has 8 heteroatoms. The highest BCUT2D eigenvalue weighted by atomic mass is 32.1. The third-order valence-corrected chi connectivity index (χ3v) is 4.93. The maximum atomic E-state index is 12.2. The molecule has 0 saturated carbocycles. The maximum absolute atomic E-state index is 12.2. The van der Waals surface area contributed by atoms with E-state index in [2.05, 4.69) is 32.2 Å². The average molecular weight is 349 g/mol. The van der Waals surface area contributed by atoms with Crippen molar-refractivity contribution in [2.75, 3.05) is 11.9 Å². The summed E-state index contributed by atoms with van der Waals surface area (Å²) in [5, 5.41) is 11.9. The van der Waals surface area contributed by atoms with E-state index in [-0.39, 0.29) is 29.7 Å². The third kappa shape index (κ3) is 3.59. The van der Waals surface area contributed by atoms with Crippen molar-refractivity contribution in [3.63, 3.8) is 0 Å². The summed E-state index contributed by atoms with van der Waals surface area (Å²) in [6.07, 6.45) is 2.43. The summed E-state index contributed by atoms with van der Waals surface area (Å²) in [6.45, 7) is 8.69. The number of nitrogens with one attached hydrogen (secondary N) is 2. The van der Waals surface area contributed by atoms with Gasteiger partial charge in [-0.3, -0.25) is 5.32 Å². The second-order valence-corrected chi connectivity index (χ2v) is 7.91. The lowest BCUT2D eigenvalue weighted by atomic mass is 10.0. The standard InChI is InChI=1S/C16H23N5O2S/c1-10(13-11-6-8-24-12(11)5-7-23-13)18-15(22)19-14-17-9-21(20-14)16(2,3)4/h6,8-10,13H,5,7H2,1-4H3,(H2,18,19,20,22)/t10-,13-/m0/s1. The van der Waals surface area contributed by atoms with Gasteiger partial charge in [0.05, 0.1) is 18.2 Å². The van der Waals surface area contributed by atoms with Crippen molar-refractivity contribution in [1.82, 2.24) is 20.1 Å². The molecule has 7 nitrogen and oxygen atoms in total. The topological polar surface area (TPSA) is 81.1 Å². The van der Waals surface area contributed by atoms with Gasteiger partial charge in [-0.15, -0.1) is 16.4 Å². The van der Waals surface area contributed by atoms with Gasteiger partial charge in [-0.25, -0.2) is 14.5 Å². The molecular weight excluding hydrogens is 326 g/mol. The Bertz CT molecular complexity index is 718. The van der Waals surface area contributed by atoms with Crippen LogP contribution in [0.3, 0.4) is 0 Å². The van der Waals surface area contributed by atoms with Crippen LogP contribution in [-0.4, -0.2) is 33.4 Å². The summed E-state index contributed by atoms with van der Waals surface area (Å²) >= 11 is 1.74. The predicted octanol–water partition coefficient (Wildman–Crippen LogP) is 2.92. The molecule has 2 amide bonds. The van der Waals surface area contributed by atoms with Crippen LogP contribution in [0.25, 0.3) is 0 Å². The lowest BCUT2D eigenvalue weighted by Crippen LogP contribution is -2.41. The molecule has 0 spiro atoms. The summed E-state index contributed by atoms with van der Waals surface area (Å²) in [5.41, 5.74) is 0.997. The first kappa shape index (κ1) is 16.9. The van der Waals surface area contributed by atoms with Gasteiger partial charge in [0, 0.05) is 11.3 Å². The zero-order chi connectivity index (χ0) is 17.3. The van der Waals surface area contributed by atoms with Gasteiger partial charge in [-0.05, 0) is 44.7 Å². The van der Waals surface area contributed by atoms with Crippen molar-refractivity contribution in [3.05, 3.63) is 28.2 Å². The second kappa shape index (κ2) is 6.52. The molecule has 2 atom stereocenters. The SMILES string of the molecule is C[C@H](NC(=O)Nc1ncn(C(C)(C)C)n1)[C@@H]1OCCc2sccc21. The molecule has 1 aliphatic heterocycles. The molecule has 3 heterocycles. The molecule has 24 heavy (non-hydrogen) atoms. The third-order valence-electron chi connectivity index (χ3n) is 3.93. The molecule has 2 aromatic rings. The number of amides is 2. The Hall–Kier alpha value is -1.93. The van der Waals surface area contributed by atoms with Crippen molar-refractivity contribution >= 4 is 23.3 Å². The molecule has 130 valence electrons. The summed E-state index contributed by atoms with van der Waals surface area (Å²) in [4.78, 5) is 17.7. The van der Waals surface area contributed by atoms with E-state index in [1.54, 1.807) is 22.3 Å². The van der Waals surface area contributed by atoms with Crippen LogP contribution in [0.5, 0.6) is 0 Å². The molecule has 0 aliphatic carbocycles. The first-order chi connectivity index (χ1) is 11.3. The number of hydrogen-bond donors (Lipinski definition) is 2. The maximum Gasteiger partial charge on any atom is 0.321 e. The normalized spacial score (nSPS) is 18.8. The smallest absolute Gasteiger partial charge is 0.321 e. The van der Waals surface area contributed by atoms with E-state index in [0.29, 0.717) is 6.61 Å². The van der Waals surface area contributed by atoms with Crippen molar-refractivity contribution in [2.24, 2.45) is 0 Å². The second-order valence-electron chi connectivity index (χ2n) is 6.91. The summed E-state index contributed by atoms with van der Waals surface area (Å²) in [5.74, 6) is 0.287. The Labute approximate surface area is 145 Å². The van der Waals surface area contributed by atoms with Gasteiger partial charge >= 0.3 is 6.03 Å².